The number of nitrogens with zero attached hydrogens (tertiary/aromatic N) is 1. The Morgan fingerprint density at radius 2 is 1.90 bits per heavy atom. The molecule has 0 aliphatic rings. The summed E-state index contributed by atoms with van der Waals surface area (Å²) in [5, 5.41) is 4.34. The minimum atomic E-state index is 0.247. The van der Waals surface area contributed by atoms with Crippen LogP contribution in [0.1, 0.15) is 40.2 Å². The first kappa shape index (κ1) is 17.3. The Labute approximate surface area is 129 Å². The van der Waals surface area contributed by atoms with Crippen LogP contribution in [0.5, 0.6) is 0 Å². The standard InChI is InChI=1S/C17H29ClN2/c1-13(2)10-19-11-14-8-7-9-15(18)16(14)20(6)12-17(3,4)5/h7-9,13,19H,10-12H2,1-6H3. The van der Waals surface area contributed by atoms with Gasteiger partial charge in [-0.25, -0.2) is 0 Å². The van der Waals surface area contributed by atoms with E-state index in [1.165, 1.54) is 5.56 Å². The maximum Gasteiger partial charge on any atom is 0.0642 e. The van der Waals surface area contributed by atoms with Gasteiger partial charge >= 0.3 is 0 Å². The SMILES string of the molecule is CC(C)CNCc1cccc(Cl)c1N(C)CC(C)(C)C. The number of anilines is 1. The average Bonchev–Trinajstić information content (AvgIpc) is 2.25. The van der Waals surface area contributed by atoms with E-state index in [1.54, 1.807) is 0 Å². The largest absolute Gasteiger partial charge is 0.373 e. The predicted molar refractivity (Wildman–Crippen MR) is 90.7 cm³/mol. The van der Waals surface area contributed by atoms with Crippen molar-refractivity contribution in [1.29, 1.82) is 0 Å². The van der Waals surface area contributed by atoms with E-state index in [2.05, 4.69) is 57.9 Å². The summed E-state index contributed by atoms with van der Waals surface area (Å²) in [6, 6.07) is 6.17. The molecule has 0 saturated carbocycles. The topological polar surface area (TPSA) is 15.3 Å². The Morgan fingerprint density at radius 3 is 2.45 bits per heavy atom. The van der Waals surface area contributed by atoms with Crippen molar-refractivity contribution < 1.29 is 0 Å². The van der Waals surface area contributed by atoms with E-state index >= 15 is 0 Å². The van der Waals surface area contributed by atoms with Crippen LogP contribution < -0.4 is 10.2 Å². The maximum atomic E-state index is 6.43. The quantitative estimate of drug-likeness (QED) is 0.827. The van der Waals surface area contributed by atoms with E-state index in [1.807, 2.05) is 12.1 Å². The van der Waals surface area contributed by atoms with Crippen LogP contribution in [0.25, 0.3) is 0 Å². The Hall–Kier alpha value is -0.730. The van der Waals surface area contributed by atoms with Crippen LogP contribution >= 0.6 is 11.6 Å². The lowest BCUT2D eigenvalue weighted by Crippen LogP contribution is -2.30. The zero-order valence-corrected chi connectivity index (χ0v) is 14.5. The molecule has 114 valence electrons. The number of hydrogen-bond donors (Lipinski definition) is 1. The van der Waals surface area contributed by atoms with Crippen molar-refractivity contribution in [3.63, 3.8) is 0 Å². The second-order valence-electron chi connectivity index (χ2n) is 7.19. The van der Waals surface area contributed by atoms with E-state index < -0.39 is 0 Å². The highest BCUT2D eigenvalue weighted by Gasteiger charge is 2.18. The zero-order chi connectivity index (χ0) is 15.3. The van der Waals surface area contributed by atoms with Crippen molar-refractivity contribution in [1.82, 2.24) is 5.32 Å². The second-order valence-corrected chi connectivity index (χ2v) is 7.60. The number of nitrogens with one attached hydrogen (secondary N) is 1. The molecule has 2 nitrogen and oxygen atoms in total. The van der Waals surface area contributed by atoms with Gasteiger partial charge in [-0.15, -0.1) is 0 Å². The molecular weight excluding hydrogens is 268 g/mol. The Bertz CT molecular complexity index is 421. The second kappa shape index (κ2) is 7.33. The third-order valence-electron chi connectivity index (χ3n) is 3.03. The van der Waals surface area contributed by atoms with Crippen LogP contribution in [0.4, 0.5) is 5.69 Å². The molecular formula is C17H29ClN2. The van der Waals surface area contributed by atoms with Gasteiger partial charge in [0.15, 0.2) is 0 Å². The van der Waals surface area contributed by atoms with Crippen LogP contribution in [-0.2, 0) is 6.54 Å². The van der Waals surface area contributed by atoms with E-state index in [-0.39, 0.29) is 5.41 Å². The van der Waals surface area contributed by atoms with Gasteiger partial charge < -0.3 is 10.2 Å². The summed E-state index contributed by atoms with van der Waals surface area (Å²) < 4.78 is 0. The summed E-state index contributed by atoms with van der Waals surface area (Å²) in [7, 11) is 2.12. The summed E-state index contributed by atoms with van der Waals surface area (Å²) in [5.41, 5.74) is 2.67. The molecule has 0 saturated heterocycles. The monoisotopic (exact) mass is 296 g/mol. The third-order valence-corrected chi connectivity index (χ3v) is 3.34. The van der Waals surface area contributed by atoms with Crippen LogP contribution in [0, 0.1) is 11.3 Å². The molecule has 1 rings (SSSR count). The Morgan fingerprint density at radius 1 is 1.25 bits per heavy atom. The fourth-order valence-corrected chi connectivity index (χ4v) is 2.75. The van der Waals surface area contributed by atoms with Crippen molar-refractivity contribution in [2.45, 2.75) is 41.2 Å². The van der Waals surface area contributed by atoms with Crippen LogP contribution in [0.3, 0.4) is 0 Å². The summed E-state index contributed by atoms with van der Waals surface area (Å²) in [6.45, 7) is 14.0. The predicted octanol–water partition coefficient (Wildman–Crippen LogP) is 4.57. The average molecular weight is 297 g/mol. The maximum absolute atomic E-state index is 6.43. The lowest BCUT2D eigenvalue weighted by Gasteiger charge is -2.30. The molecule has 1 N–H and O–H groups in total. The molecule has 0 unspecified atom stereocenters. The fraction of sp³-hybridized carbons (Fsp3) is 0.647. The molecule has 0 heterocycles. The minimum absolute atomic E-state index is 0.247. The Balaban J connectivity index is 2.87. The minimum Gasteiger partial charge on any atom is -0.373 e. The molecule has 20 heavy (non-hydrogen) atoms. The van der Waals surface area contributed by atoms with Crippen molar-refractivity contribution in [2.75, 3.05) is 25.0 Å². The van der Waals surface area contributed by atoms with Crippen LogP contribution in [0.2, 0.25) is 5.02 Å². The summed E-state index contributed by atoms with van der Waals surface area (Å²) in [4.78, 5) is 2.27. The molecule has 1 aromatic carbocycles. The van der Waals surface area contributed by atoms with Crippen molar-refractivity contribution in [3.05, 3.63) is 28.8 Å². The van der Waals surface area contributed by atoms with Crippen molar-refractivity contribution >= 4 is 17.3 Å². The molecule has 0 spiro atoms. The molecule has 0 bridgehead atoms. The van der Waals surface area contributed by atoms with Gasteiger partial charge in [0.1, 0.15) is 0 Å². The molecule has 3 heteroatoms. The fourth-order valence-electron chi connectivity index (χ4n) is 2.42. The van der Waals surface area contributed by atoms with Crippen LogP contribution in [-0.4, -0.2) is 20.1 Å². The highest BCUT2D eigenvalue weighted by Crippen LogP contribution is 2.31. The van der Waals surface area contributed by atoms with E-state index in [4.69, 9.17) is 11.6 Å². The first-order valence-electron chi connectivity index (χ1n) is 7.40. The normalized spacial score (nSPS) is 12.0. The molecule has 0 fully saturated rings. The smallest absolute Gasteiger partial charge is 0.0642 e. The van der Waals surface area contributed by atoms with Gasteiger partial charge in [0.05, 0.1) is 10.7 Å². The lowest BCUT2D eigenvalue weighted by atomic mass is 9.95. The number of benzene rings is 1. The Kier molecular flexibility index (Phi) is 6.35. The van der Waals surface area contributed by atoms with Gasteiger partial charge in [-0.05, 0) is 29.5 Å². The van der Waals surface area contributed by atoms with E-state index in [9.17, 15) is 0 Å². The molecule has 0 aliphatic carbocycles. The van der Waals surface area contributed by atoms with Gasteiger partial charge in [0, 0.05) is 20.1 Å². The van der Waals surface area contributed by atoms with Gasteiger partial charge in [-0.1, -0.05) is 58.4 Å². The highest BCUT2D eigenvalue weighted by molar-refractivity contribution is 6.33. The van der Waals surface area contributed by atoms with E-state index in [0.717, 1.165) is 30.3 Å². The van der Waals surface area contributed by atoms with Crippen molar-refractivity contribution in [2.24, 2.45) is 11.3 Å². The van der Waals surface area contributed by atoms with Crippen LogP contribution in [0.15, 0.2) is 18.2 Å². The first-order chi connectivity index (χ1) is 9.20. The van der Waals surface area contributed by atoms with Crippen molar-refractivity contribution in [3.8, 4) is 0 Å². The number of hydrogen-bond acceptors (Lipinski definition) is 2. The summed E-state index contributed by atoms with van der Waals surface area (Å²) >= 11 is 6.43. The molecule has 0 aliphatic heterocycles. The molecule has 0 aromatic heterocycles. The number of halogens is 1. The lowest BCUT2D eigenvalue weighted by molar-refractivity contribution is 0.418. The van der Waals surface area contributed by atoms with Gasteiger partial charge in [0.25, 0.3) is 0 Å². The first-order valence-corrected chi connectivity index (χ1v) is 7.78. The zero-order valence-electron chi connectivity index (χ0n) is 13.8. The van der Waals surface area contributed by atoms with Gasteiger partial charge in [-0.2, -0.15) is 0 Å². The number of rotatable bonds is 6. The third kappa shape index (κ3) is 5.72. The molecule has 0 atom stereocenters. The highest BCUT2D eigenvalue weighted by atomic mass is 35.5. The summed E-state index contributed by atoms with van der Waals surface area (Å²) in [5.74, 6) is 0.657. The van der Waals surface area contributed by atoms with Gasteiger partial charge in [-0.3, -0.25) is 0 Å². The summed E-state index contributed by atoms with van der Waals surface area (Å²) in [6.07, 6.45) is 0. The molecule has 0 radical (unpaired) electrons. The van der Waals surface area contributed by atoms with E-state index in [0.29, 0.717) is 5.92 Å². The van der Waals surface area contributed by atoms with Gasteiger partial charge in [0.2, 0.25) is 0 Å². The molecule has 1 aromatic rings. The molecule has 0 amide bonds. The number of para-hydroxylation sites is 1.